The van der Waals surface area contributed by atoms with Crippen molar-refractivity contribution in [3.63, 3.8) is 0 Å². The Morgan fingerprint density at radius 1 is 1.27 bits per heavy atom. The third-order valence-electron chi connectivity index (χ3n) is 5.77. The summed E-state index contributed by atoms with van der Waals surface area (Å²) >= 11 is 1.73. The number of fused-ring (bicyclic) bond motifs is 1. The maximum atomic E-state index is 11.5. The van der Waals surface area contributed by atoms with Gasteiger partial charge >= 0.3 is 5.69 Å². The van der Waals surface area contributed by atoms with Gasteiger partial charge in [0.2, 0.25) is 5.88 Å². The Morgan fingerprint density at radius 2 is 2.12 bits per heavy atom. The fraction of sp³-hybridized carbons (Fsp3) is 0.364. The van der Waals surface area contributed by atoms with Crippen molar-refractivity contribution in [2.45, 2.75) is 25.4 Å². The van der Waals surface area contributed by atoms with Crippen molar-refractivity contribution in [2.75, 3.05) is 26.3 Å². The molecule has 0 atom stereocenters. The van der Waals surface area contributed by atoms with Gasteiger partial charge in [0, 0.05) is 35.8 Å². The number of imidazole rings is 1. The highest BCUT2D eigenvalue weighted by Gasteiger charge is 2.21. The van der Waals surface area contributed by atoms with Crippen LogP contribution in [0.1, 0.15) is 23.4 Å². The van der Waals surface area contributed by atoms with Crippen molar-refractivity contribution in [2.24, 2.45) is 4.99 Å². The largest absolute Gasteiger partial charge is 0.493 e. The number of aromatic hydroxyl groups is 1. The van der Waals surface area contributed by atoms with Crippen molar-refractivity contribution >= 4 is 23.1 Å². The van der Waals surface area contributed by atoms with E-state index in [0.29, 0.717) is 16.9 Å². The van der Waals surface area contributed by atoms with E-state index in [9.17, 15) is 9.90 Å². The summed E-state index contributed by atoms with van der Waals surface area (Å²) in [5.41, 5.74) is 2.02. The van der Waals surface area contributed by atoms with Crippen molar-refractivity contribution in [1.82, 2.24) is 29.5 Å². The molecule has 1 aliphatic heterocycles. The highest BCUT2D eigenvalue weighted by molar-refractivity contribution is 7.15. The zero-order valence-electron chi connectivity index (χ0n) is 17.8. The quantitative estimate of drug-likeness (QED) is 0.397. The molecule has 0 amide bonds. The van der Waals surface area contributed by atoms with Crippen molar-refractivity contribution in [1.29, 1.82) is 0 Å². The second kappa shape index (κ2) is 8.25. The third kappa shape index (κ3) is 4.22. The van der Waals surface area contributed by atoms with Gasteiger partial charge in [0.25, 0.3) is 0 Å². The first-order chi connectivity index (χ1) is 16.1. The SMILES string of the molecule is O=c1[nH]c(O)c(/C=c2/cnn3c(=NC4CC4)cc(-c4ccc(CN5CCOCC5)s4)nc23)[nH]1. The van der Waals surface area contributed by atoms with Crippen LogP contribution in [0.25, 0.3) is 22.3 Å². The summed E-state index contributed by atoms with van der Waals surface area (Å²) in [7, 11) is 0. The van der Waals surface area contributed by atoms with Gasteiger partial charge in [-0.2, -0.15) is 9.61 Å². The Labute approximate surface area is 191 Å². The van der Waals surface area contributed by atoms with Gasteiger partial charge in [-0.25, -0.2) is 9.78 Å². The highest BCUT2D eigenvalue weighted by Crippen LogP contribution is 2.28. The molecule has 4 aromatic heterocycles. The van der Waals surface area contributed by atoms with Crippen molar-refractivity contribution in [3.8, 4) is 16.5 Å². The summed E-state index contributed by atoms with van der Waals surface area (Å²) < 4.78 is 7.17. The molecule has 0 aromatic carbocycles. The van der Waals surface area contributed by atoms with Crippen LogP contribution in [0.3, 0.4) is 0 Å². The predicted molar refractivity (Wildman–Crippen MR) is 123 cm³/mol. The predicted octanol–water partition coefficient (Wildman–Crippen LogP) is 0.623. The molecule has 1 saturated heterocycles. The van der Waals surface area contributed by atoms with Gasteiger partial charge < -0.3 is 14.8 Å². The first kappa shape index (κ1) is 20.3. The lowest BCUT2D eigenvalue weighted by molar-refractivity contribution is 0.0346. The van der Waals surface area contributed by atoms with E-state index in [2.05, 4.69) is 32.1 Å². The Kier molecular flexibility index (Phi) is 5.08. The molecule has 33 heavy (non-hydrogen) atoms. The number of nitrogens with zero attached hydrogens (tertiary/aromatic N) is 5. The number of rotatable bonds is 5. The van der Waals surface area contributed by atoms with Crippen LogP contribution >= 0.6 is 11.3 Å². The third-order valence-corrected chi connectivity index (χ3v) is 6.87. The molecule has 0 bridgehead atoms. The lowest BCUT2D eigenvalue weighted by Crippen LogP contribution is -2.35. The minimum Gasteiger partial charge on any atom is -0.493 e. The Balaban J connectivity index is 1.43. The van der Waals surface area contributed by atoms with Gasteiger partial charge in [-0.3, -0.25) is 14.9 Å². The van der Waals surface area contributed by atoms with E-state index in [1.54, 1.807) is 28.1 Å². The number of nitrogens with one attached hydrogen (secondary N) is 2. The highest BCUT2D eigenvalue weighted by atomic mass is 32.1. The molecule has 5 heterocycles. The van der Waals surface area contributed by atoms with E-state index >= 15 is 0 Å². The van der Waals surface area contributed by atoms with Gasteiger partial charge in [-0.1, -0.05) is 0 Å². The molecule has 170 valence electrons. The fourth-order valence-electron chi connectivity index (χ4n) is 3.90. The monoisotopic (exact) mass is 465 g/mol. The lowest BCUT2D eigenvalue weighted by atomic mass is 10.3. The van der Waals surface area contributed by atoms with Crippen LogP contribution in [0, 0.1) is 0 Å². The Bertz CT molecular complexity index is 1490. The average molecular weight is 466 g/mol. The van der Waals surface area contributed by atoms with Crippen LogP contribution in [0.2, 0.25) is 0 Å². The molecule has 0 radical (unpaired) electrons. The van der Waals surface area contributed by atoms with E-state index in [1.165, 1.54) is 4.88 Å². The zero-order valence-corrected chi connectivity index (χ0v) is 18.6. The van der Waals surface area contributed by atoms with Gasteiger partial charge in [0.1, 0.15) is 5.69 Å². The van der Waals surface area contributed by atoms with E-state index in [-0.39, 0.29) is 11.6 Å². The number of ether oxygens (including phenoxy) is 1. The number of aromatic amines is 2. The fourth-order valence-corrected chi connectivity index (χ4v) is 4.91. The smallest absolute Gasteiger partial charge is 0.326 e. The molecule has 3 N–H and O–H groups in total. The molecular formula is C22H23N7O3S. The molecule has 2 aliphatic rings. The zero-order chi connectivity index (χ0) is 22.4. The lowest BCUT2D eigenvalue weighted by Gasteiger charge is -2.25. The van der Waals surface area contributed by atoms with Gasteiger partial charge in [-0.05, 0) is 31.1 Å². The van der Waals surface area contributed by atoms with E-state index in [4.69, 9.17) is 14.7 Å². The van der Waals surface area contributed by atoms with Crippen LogP contribution in [0.15, 0.2) is 34.2 Å². The molecule has 1 aliphatic carbocycles. The maximum Gasteiger partial charge on any atom is 0.326 e. The van der Waals surface area contributed by atoms with Crippen LogP contribution in [0.5, 0.6) is 5.88 Å². The van der Waals surface area contributed by atoms with Crippen LogP contribution < -0.4 is 16.4 Å². The van der Waals surface area contributed by atoms with Crippen molar-refractivity contribution < 1.29 is 9.84 Å². The molecule has 2 fully saturated rings. The number of H-pyrrole nitrogens is 2. The molecule has 10 nitrogen and oxygen atoms in total. The molecule has 6 rings (SSSR count). The summed E-state index contributed by atoms with van der Waals surface area (Å²) in [5, 5.41) is 15.1. The molecule has 4 aromatic rings. The first-order valence-electron chi connectivity index (χ1n) is 11.0. The van der Waals surface area contributed by atoms with Crippen LogP contribution in [-0.2, 0) is 11.3 Å². The Morgan fingerprint density at radius 3 is 2.88 bits per heavy atom. The summed E-state index contributed by atoms with van der Waals surface area (Å²) in [6.07, 6.45) is 5.49. The number of morpholine rings is 1. The standard InChI is InChI=1S/C22H23N7O3S/c30-21-17(26-22(31)27-21)9-13-11-23-29-19(24-14-1-2-14)10-16(25-20(13)29)18-4-3-15(33-18)12-28-5-7-32-8-6-28/h3-4,9-11,14,30H,1-2,5-8,12H2,(H2,26,27,31)/b13-9-,24-19?. The average Bonchev–Trinajstić information content (AvgIpc) is 3.19. The number of hydrogen-bond donors (Lipinski definition) is 3. The molecule has 1 saturated carbocycles. The number of hydrogen-bond acceptors (Lipinski definition) is 8. The second-order valence-electron chi connectivity index (χ2n) is 8.34. The van der Waals surface area contributed by atoms with Crippen molar-refractivity contribution in [3.05, 3.63) is 56.2 Å². The minimum absolute atomic E-state index is 0.218. The summed E-state index contributed by atoms with van der Waals surface area (Å²) in [4.78, 5) is 30.9. The topological polar surface area (TPSA) is 124 Å². The summed E-state index contributed by atoms with van der Waals surface area (Å²) in [5.74, 6) is -0.218. The second-order valence-corrected chi connectivity index (χ2v) is 9.50. The first-order valence-corrected chi connectivity index (χ1v) is 11.8. The number of aromatic nitrogens is 5. The van der Waals surface area contributed by atoms with E-state index in [1.807, 2.05) is 6.07 Å². The minimum atomic E-state index is -0.473. The summed E-state index contributed by atoms with van der Waals surface area (Å²) in [6, 6.07) is 6.58. The summed E-state index contributed by atoms with van der Waals surface area (Å²) in [6.45, 7) is 4.37. The van der Waals surface area contributed by atoms with Gasteiger partial charge in [0.05, 0.1) is 36.0 Å². The van der Waals surface area contributed by atoms with Crippen LogP contribution in [0.4, 0.5) is 0 Å². The van der Waals surface area contributed by atoms with Crippen LogP contribution in [-0.4, -0.2) is 66.9 Å². The normalized spacial score (nSPS) is 18.5. The Hall–Kier alpha value is -3.28. The van der Waals surface area contributed by atoms with Gasteiger partial charge in [0.15, 0.2) is 11.1 Å². The number of thiophene rings is 1. The maximum absolute atomic E-state index is 11.5. The molecule has 0 spiro atoms. The van der Waals surface area contributed by atoms with E-state index < -0.39 is 5.69 Å². The molecular weight excluding hydrogens is 442 g/mol. The van der Waals surface area contributed by atoms with E-state index in [0.717, 1.165) is 61.7 Å². The molecule has 11 heteroatoms. The van der Waals surface area contributed by atoms with Gasteiger partial charge in [-0.15, -0.1) is 11.3 Å². The molecule has 0 unspecified atom stereocenters.